The average molecular weight is 266 g/mol. The van der Waals surface area contributed by atoms with Crippen molar-refractivity contribution in [2.75, 3.05) is 7.11 Å². The summed E-state index contributed by atoms with van der Waals surface area (Å²) in [6.07, 6.45) is 3.31. The Bertz CT molecular complexity index is 832. The van der Waals surface area contributed by atoms with Crippen LogP contribution < -0.4 is 4.74 Å². The lowest BCUT2D eigenvalue weighted by atomic mass is 10.2. The highest BCUT2D eigenvalue weighted by molar-refractivity contribution is 5.67. The fourth-order valence-electron chi connectivity index (χ4n) is 1.93. The molecule has 0 amide bonds. The number of aryl methyl sites for hydroxylation is 1. The molecule has 0 bridgehead atoms. The van der Waals surface area contributed by atoms with Crippen LogP contribution in [-0.2, 0) is 0 Å². The topological polar surface area (TPSA) is 89.0 Å². The number of ether oxygens (including phenoxy) is 1. The minimum absolute atomic E-state index is 0.298. The summed E-state index contributed by atoms with van der Waals surface area (Å²) in [4.78, 5) is 12.6. The van der Waals surface area contributed by atoms with Crippen molar-refractivity contribution < 1.29 is 4.74 Å². The van der Waals surface area contributed by atoms with Gasteiger partial charge in [-0.1, -0.05) is 0 Å². The molecule has 0 aliphatic heterocycles. The molecule has 0 unspecified atom stereocenters. The van der Waals surface area contributed by atoms with E-state index in [1.165, 1.54) is 4.52 Å². The van der Waals surface area contributed by atoms with E-state index in [2.05, 4.69) is 20.1 Å². The lowest BCUT2D eigenvalue weighted by Gasteiger charge is -2.06. The second-order valence-electron chi connectivity index (χ2n) is 4.08. The summed E-state index contributed by atoms with van der Waals surface area (Å²) in [5, 5.41) is 13.2. The molecule has 3 aromatic rings. The van der Waals surface area contributed by atoms with Gasteiger partial charge in [-0.05, 0) is 19.1 Å². The molecule has 3 aromatic heterocycles. The van der Waals surface area contributed by atoms with Gasteiger partial charge in [0.1, 0.15) is 17.5 Å². The highest BCUT2D eigenvalue weighted by Crippen LogP contribution is 2.29. The zero-order valence-corrected chi connectivity index (χ0v) is 10.9. The highest BCUT2D eigenvalue weighted by Gasteiger charge is 2.16. The molecule has 7 heteroatoms. The molecule has 3 rings (SSSR count). The van der Waals surface area contributed by atoms with E-state index in [0.717, 1.165) is 11.3 Å². The van der Waals surface area contributed by atoms with E-state index in [-0.39, 0.29) is 0 Å². The minimum atomic E-state index is 0.298. The second-order valence-corrected chi connectivity index (χ2v) is 4.08. The van der Waals surface area contributed by atoms with Crippen LogP contribution in [0.15, 0.2) is 24.5 Å². The Kier molecular flexibility index (Phi) is 2.76. The number of rotatable bonds is 2. The molecule has 0 aliphatic carbocycles. The van der Waals surface area contributed by atoms with Gasteiger partial charge in [0.05, 0.1) is 18.4 Å². The SMILES string of the molecule is COc1ccnc(C)c1-c1nc2nc(C#N)ccn2n1. The standard InChI is InChI=1S/C13H10N6O/c1-8-11(10(20-2)3-5-15-8)12-17-13-16-9(7-14)4-6-19(13)18-12/h3-6H,1-2H3. The molecule has 20 heavy (non-hydrogen) atoms. The molecule has 0 saturated heterocycles. The van der Waals surface area contributed by atoms with Crippen molar-refractivity contribution in [1.29, 1.82) is 5.26 Å². The largest absolute Gasteiger partial charge is 0.496 e. The Morgan fingerprint density at radius 3 is 2.90 bits per heavy atom. The van der Waals surface area contributed by atoms with Gasteiger partial charge in [0, 0.05) is 12.4 Å². The van der Waals surface area contributed by atoms with Crippen molar-refractivity contribution in [3.05, 3.63) is 35.9 Å². The van der Waals surface area contributed by atoms with E-state index < -0.39 is 0 Å². The van der Waals surface area contributed by atoms with Crippen molar-refractivity contribution in [3.8, 4) is 23.2 Å². The summed E-state index contributed by atoms with van der Waals surface area (Å²) in [5.41, 5.74) is 1.78. The molecule has 98 valence electrons. The van der Waals surface area contributed by atoms with Crippen molar-refractivity contribution >= 4 is 5.78 Å². The third-order valence-electron chi connectivity index (χ3n) is 2.87. The quantitative estimate of drug-likeness (QED) is 0.696. The van der Waals surface area contributed by atoms with Gasteiger partial charge in [0.15, 0.2) is 5.82 Å². The van der Waals surface area contributed by atoms with Crippen LogP contribution in [0.2, 0.25) is 0 Å². The lowest BCUT2D eigenvalue weighted by molar-refractivity contribution is 0.415. The van der Waals surface area contributed by atoms with E-state index in [1.807, 2.05) is 13.0 Å². The number of methoxy groups -OCH3 is 1. The summed E-state index contributed by atoms with van der Waals surface area (Å²) < 4.78 is 6.84. The van der Waals surface area contributed by atoms with Gasteiger partial charge in [-0.15, -0.1) is 5.10 Å². The Balaban J connectivity index is 2.23. The molecule has 0 spiro atoms. The highest BCUT2D eigenvalue weighted by atomic mass is 16.5. The van der Waals surface area contributed by atoms with Crippen LogP contribution in [0.3, 0.4) is 0 Å². The summed E-state index contributed by atoms with van der Waals surface area (Å²) >= 11 is 0. The number of hydrogen-bond donors (Lipinski definition) is 0. The van der Waals surface area contributed by atoms with Gasteiger partial charge < -0.3 is 4.74 Å². The molecule has 0 saturated carbocycles. The summed E-state index contributed by atoms with van der Waals surface area (Å²) in [6.45, 7) is 1.86. The molecular weight excluding hydrogens is 256 g/mol. The Labute approximate surface area is 114 Å². The smallest absolute Gasteiger partial charge is 0.253 e. The predicted octanol–water partition coefficient (Wildman–Crippen LogP) is 1.37. The number of aromatic nitrogens is 5. The van der Waals surface area contributed by atoms with Crippen molar-refractivity contribution in [3.63, 3.8) is 0 Å². The number of pyridine rings is 1. The van der Waals surface area contributed by atoms with Crippen LogP contribution >= 0.6 is 0 Å². The Hall–Kier alpha value is -3.01. The van der Waals surface area contributed by atoms with Crippen LogP contribution in [-0.4, -0.2) is 31.7 Å². The Morgan fingerprint density at radius 2 is 2.15 bits per heavy atom. The van der Waals surface area contributed by atoms with Crippen LogP contribution in [0, 0.1) is 18.3 Å². The predicted molar refractivity (Wildman–Crippen MR) is 70.0 cm³/mol. The van der Waals surface area contributed by atoms with Gasteiger partial charge in [-0.25, -0.2) is 9.50 Å². The molecular formula is C13H10N6O. The molecule has 0 N–H and O–H groups in total. The van der Waals surface area contributed by atoms with Gasteiger partial charge in [-0.2, -0.15) is 10.2 Å². The van der Waals surface area contributed by atoms with Crippen molar-refractivity contribution in [2.24, 2.45) is 0 Å². The second kappa shape index (κ2) is 4.59. The van der Waals surface area contributed by atoms with Gasteiger partial charge >= 0.3 is 0 Å². The van der Waals surface area contributed by atoms with Gasteiger partial charge in [0.2, 0.25) is 0 Å². The van der Waals surface area contributed by atoms with Gasteiger partial charge in [-0.3, -0.25) is 4.98 Å². The minimum Gasteiger partial charge on any atom is -0.496 e. The van der Waals surface area contributed by atoms with E-state index in [1.54, 1.807) is 31.6 Å². The fourth-order valence-corrected chi connectivity index (χ4v) is 1.93. The maximum absolute atomic E-state index is 8.85. The van der Waals surface area contributed by atoms with E-state index in [0.29, 0.717) is 23.0 Å². The van der Waals surface area contributed by atoms with Crippen LogP contribution in [0.1, 0.15) is 11.4 Å². The maximum Gasteiger partial charge on any atom is 0.253 e. The molecule has 3 heterocycles. The zero-order valence-electron chi connectivity index (χ0n) is 10.9. The normalized spacial score (nSPS) is 10.4. The van der Waals surface area contributed by atoms with Crippen molar-refractivity contribution in [1.82, 2.24) is 24.6 Å². The van der Waals surface area contributed by atoms with Crippen LogP contribution in [0.25, 0.3) is 17.2 Å². The van der Waals surface area contributed by atoms with Crippen LogP contribution in [0.4, 0.5) is 0 Å². The number of nitrogens with zero attached hydrogens (tertiary/aromatic N) is 6. The molecule has 0 aromatic carbocycles. The van der Waals surface area contributed by atoms with E-state index >= 15 is 0 Å². The first-order chi connectivity index (χ1) is 9.72. The summed E-state index contributed by atoms with van der Waals surface area (Å²) in [5.74, 6) is 1.48. The van der Waals surface area contributed by atoms with E-state index in [9.17, 15) is 0 Å². The fraction of sp³-hybridized carbons (Fsp3) is 0.154. The summed E-state index contributed by atoms with van der Waals surface area (Å²) in [6, 6.07) is 5.31. The molecule has 0 fully saturated rings. The third kappa shape index (κ3) is 1.83. The first-order valence-corrected chi connectivity index (χ1v) is 5.86. The van der Waals surface area contributed by atoms with E-state index in [4.69, 9.17) is 10.00 Å². The third-order valence-corrected chi connectivity index (χ3v) is 2.87. The molecule has 0 atom stereocenters. The number of hydrogen-bond acceptors (Lipinski definition) is 6. The number of nitriles is 1. The molecule has 0 radical (unpaired) electrons. The first-order valence-electron chi connectivity index (χ1n) is 5.86. The van der Waals surface area contributed by atoms with Crippen LogP contribution in [0.5, 0.6) is 5.75 Å². The molecule has 7 nitrogen and oxygen atoms in total. The zero-order chi connectivity index (χ0) is 14.1. The van der Waals surface area contributed by atoms with Crippen molar-refractivity contribution in [2.45, 2.75) is 6.92 Å². The maximum atomic E-state index is 8.85. The summed E-state index contributed by atoms with van der Waals surface area (Å²) in [7, 11) is 1.58. The molecule has 0 aliphatic rings. The Morgan fingerprint density at radius 1 is 1.30 bits per heavy atom. The number of fused-ring (bicyclic) bond motifs is 1. The average Bonchev–Trinajstić information content (AvgIpc) is 2.88. The monoisotopic (exact) mass is 266 g/mol. The lowest BCUT2D eigenvalue weighted by Crippen LogP contribution is -1.95. The first kappa shape index (κ1) is 12.0. The van der Waals surface area contributed by atoms with Gasteiger partial charge in [0.25, 0.3) is 5.78 Å².